The zero-order valence-corrected chi connectivity index (χ0v) is 9.01. The molecule has 0 bridgehead atoms. The van der Waals surface area contributed by atoms with E-state index in [-0.39, 0.29) is 17.2 Å². The van der Waals surface area contributed by atoms with Crippen LogP contribution in [0, 0.1) is 10.1 Å². The van der Waals surface area contributed by atoms with Crippen LogP contribution in [0.2, 0.25) is 0 Å². The Morgan fingerprint density at radius 2 is 1.94 bits per heavy atom. The molecule has 1 aromatic carbocycles. The van der Waals surface area contributed by atoms with Gasteiger partial charge < -0.3 is 0 Å². The molecule has 0 N–H and O–H groups in total. The number of non-ortho nitro benzene ring substituents is 1. The van der Waals surface area contributed by atoms with Gasteiger partial charge in [0.05, 0.1) is 16.4 Å². The van der Waals surface area contributed by atoms with Gasteiger partial charge in [-0.25, -0.2) is 0 Å². The van der Waals surface area contributed by atoms with Crippen molar-refractivity contribution in [3.05, 3.63) is 47.0 Å². The molecule has 86 valence electrons. The van der Waals surface area contributed by atoms with Gasteiger partial charge in [0.15, 0.2) is 0 Å². The lowest BCUT2D eigenvalue weighted by Gasteiger charge is -2.02. The number of benzene rings is 1. The van der Waals surface area contributed by atoms with Gasteiger partial charge in [0, 0.05) is 12.1 Å². The Labute approximate surface area is 92.4 Å². The Kier molecular flexibility index (Phi) is 3.75. The Bertz CT molecular complexity index is 491. The number of nitro groups is 1. The fraction of sp³-hybridized carbons (Fsp3) is 0.111. The Morgan fingerprint density at radius 3 is 2.38 bits per heavy atom. The molecule has 1 rings (SSSR count). The van der Waals surface area contributed by atoms with Crippen LogP contribution in [0.15, 0.2) is 41.8 Å². The summed E-state index contributed by atoms with van der Waals surface area (Å²) in [6.07, 6.45) is 1.29. The second-order valence-electron chi connectivity index (χ2n) is 2.78. The molecule has 0 radical (unpaired) electrons. The predicted octanol–water partition coefficient (Wildman–Crippen LogP) is 1.49. The van der Waals surface area contributed by atoms with Crippen LogP contribution in [0.1, 0.15) is 0 Å². The summed E-state index contributed by atoms with van der Waals surface area (Å²) < 4.78 is 27.4. The van der Waals surface area contributed by atoms with E-state index in [1.807, 2.05) is 0 Å². The smallest absolute Gasteiger partial charge is 0.262 e. The summed E-state index contributed by atoms with van der Waals surface area (Å²) in [4.78, 5) is 9.61. The molecule has 6 nitrogen and oxygen atoms in total. The molecular weight excluding hydrogens is 234 g/mol. The Balaban J connectivity index is 2.97. The fourth-order valence-corrected chi connectivity index (χ4v) is 1.82. The first-order chi connectivity index (χ1) is 7.47. The molecule has 0 amide bonds. The van der Waals surface area contributed by atoms with Gasteiger partial charge in [-0.2, -0.15) is 8.42 Å². The lowest BCUT2D eigenvalue weighted by atomic mass is 10.3. The summed E-state index contributed by atoms with van der Waals surface area (Å²) in [6.45, 7) is 3.18. The highest BCUT2D eigenvalue weighted by Crippen LogP contribution is 2.17. The van der Waals surface area contributed by atoms with E-state index >= 15 is 0 Å². The van der Waals surface area contributed by atoms with Crippen LogP contribution in [0.5, 0.6) is 0 Å². The highest BCUT2D eigenvalue weighted by molar-refractivity contribution is 7.86. The van der Waals surface area contributed by atoms with E-state index in [0.717, 1.165) is 24.3 Å². The van der Waals surface area contributed by atoms with Crippen LogP contribution >= 0.6 is 0 Å². The summed E-state index contributed by atoms with van der Waals surface area (Å²) in [7, 11) is -3.86. The summed E-state index contributed by atoms with van der Waals surface area (Å²) in [5.41, 5.74) is -0.178. The highest BCUT2D eigenvalue weighted by Gasteiger charge is 2.15. The minimum atomic E-state index is -3.86. The van der Waals surface area contributed by atoms with Crippen molar-refractivity contribution in [2.75, 3.05) is 6.61 Å². The van der Waals surface area contributed by atoms with Crippen molar-refractivity contribution in [2.24, 2.45) is 0 Å². The third-order valence-electron chi connectivity index (χ3n) is 1.68. The van der Waals surface area contributed by atoms with Crippen molar-refractivity contribution >= 4 is 15.8 Å². The molecule has 0 unspecified atom stereocenters. The Hall–Kier alpha value is -1.73. The third kappa shape index (κ3) is 2.88. The monoisotopic (exact) mass is 243 g/mol. The fourth-order valence-electron chi connectivity index (χ4n) is 0.940. The van der Waals surface area contributed by atoms with Crippen molar-refractivity contribution in [1.82, 2.24) is 0 Å². The lowest BCUT2D eigenvalue weighted by molar-refractivity contribution is -0.384. The Morgan fingerprint density at radius 1 is 1.38 bits per heavy atom. The number of hydrogen-bond acceptors (Lipinski definition) is 5. The summed E-state index contributed by atoms with van der Waals surface area (Å²) in [5.74, 6) is 0. The molecular formula is C9H9NO5S. The molecule has 0 aliphatic carbocycles. The molecule has 1 aromatic rings. The van der Waals surface area contributed by atoms with Crippen molar-refractivity contribution in [2.45, 2.75) is 4.90 Å². The van der Waals surface area contributed by atoms with Gasteiger partial charge in [-0.1, -0.05) is 6.08 Å². The number of nitro benzene ring substituents is 1. The van der Waals surface area contributed by atoms with Gasteiger partial charge in [0.25, 0.3) is 15.8 Å². The predicted molar refractivity (Wildman–Crippen MR) is 56.4 cm³/mol. The second-order valence-corrected chi connectivity index (χ2v) is 4.39. The summed E-state index contributed by atoms with van der Waals surface area (Å²) in [5, 5.41) is 10.3. The first kappa shape index (κ1) is 12.3. The van der Waals surface area contributed by atoms with Crippen molar-refractivity contribution in [3.63, 3.8) is 0 Å². The summed E-state index contributed by atoms with van der Waals surface area (Å²) >= 11 is 0. The molecule has 0 aliphatic heterocycles. The maximum absolute atomic E-state index is 11.4. The van der Waals surface area contributed by atoms with Gasteiger partial charge in [-0.05, 0) is 12.1 Å². The van der Waals surface area contributed by atoms with E-state index in [9.17, 15) is 18.5 Å². The zero-order valence-electron chi connectivity index (χ0n) is 8.20. The molecule has 0 saturated carbocycles. The van der Waals surface area contributed by atoms with E-state index in [0.29, 0.717) is 0 Å². The first-order valence-corrected chi connectivity index (χ1v) is 5.63. The van der Waals surface area contributed by atoms with Crippen molar-refractivity contribution in [1.29, 1.82) is 0 Å². The topological polar surface area (TPSA) is 86.5 Å². The maximum Gasteiger partial charge on any atom is 0.297 e. The number of rotatable bonds is 5. The highest BCUT2D eigenvalue weighted by atomic mass is 32.2. The molecule has 0 aliphatic rings. The van der Waals surface area contributed by atoms with Gasteiger partial charge >= 0.3 is 0 Å². The standard InChI is InChI=1S/C9H9NO5S/c1-2-7-15-16(13,14)9-5-3-8(4-6-9)10(11)12/h2-6H,1,7H2. The van der Waals surface area contributed by atoms with Gasteiger partial charge in [-0.3, -0.25) is 14.3 Å². The normalized spacial score (nSPS) is 11.0. The zero-order chi connectivity index (χ0) is 12.2. The van der Waals surface area contributed by atoms with Crippen molar-refractivity contribution in [3.8, 4) is 0 Å². The molecule has 0 heterocycles. The molecule has 0 fully saturated rings. The van der Waals surface area contributed by atoms with Gasteiger partial charge in [-0.15, -0.1) is 6.58 Å². The number of nitrogens with zero attached hydrogens (tertiary/aromatic N) is 1. The quantitative estimate of drug-likeness (QED) is 0.338. The van der Waals surface area contributed by atoms with Crippen LogP contribution in [0.3, 0.4) is 0 Å². The molecule has 0 aromatic heterocycles. The first-order valence-electron chi connectivity index (χ1n) is 4.22. The molecule has 16 heavy (non-hydrogen) atoms. The molecule has 0 spiro atoms. The molecule has 0 saturated heterocycles. The van der Waals surface area contributed by atoms with E-state index in [1.165, 1.54) is 6.08 Å². The SMILES string of the molecule is C=CCOS(=O)(=O)c1ccc([N+](=O)[O-])cc1. The average molecular weight is 243 g/mol. The minimum absolute atomic E-state index is 0.125. The number of hydrogen-bond donors (Lipinski definition) is 0. The van der Waals surface area contributed by atoms with E-state index in [2.05, 4.69) is 10.8 Å². The molecule has 0 atom stereocenters. The van der Waals surface area contributed by atoms with Crippen LogP contribution in [0.25, 0.3) is 0 Å². The molecule has 7 heteroatoms. The van der Waals surface area contributed by atoms with E-state index < -0.39 is 15.0 Å². The minimum Gasteiger partial charge on any atom is -0.262 e. The largest absolute Gasteiger partial charge is 0.297 e. The van der Waals surface area contributed by atoms with Gasteiger partial charge in [0.1, 0.15) is 0 Å². The van der Waals surface area contributed by atoms with E-state index in [4.69, 9.17) is 0 Å². The average Bonchev–Trinajstić information content (AvgIpc) is 2.26. The summed E-state index contributed by atoms with van der Waals surface area (Å²) in [6, 6.07) is 4.45. The van der Waals surface area contributed by atoms with Crippen LogP contribution in [-0.4, -0.2) is 19.9 Å². The maximum atomic E-state index is 11.4. The van der Waals surface area contributed by atoms with Crippen LogP contribution in [0.4, 0.5) is 5.69 Å². The lowest BCUT2D eigenvalue weighted by Crippen LogP contribution is -2.06. The third-order valence-corrected chi connectivity index (χ3v) is 2.97. The van der Waals surface area contributed by atoms with Crippen LogP contribution < -0.4 is 0 Å². The van der Waals surface area contributed by atoms with E-state index in [1.54, 1.807) is 0 Å². The second kappa shape index (κ2) is 4.86. The van der Waals surface area contributed by atoms with Crippen molar-refractivity contribution < 1.29 is 17.5 Å². The van der Waals surface area contributed by atoms with Gasteiger partial charge in [0.2, 0.25) is 0 Å². The van der Waals surface area contributed by atoms with Crippen LogP contribution in [-0.2, 0) is 14.3 Å².